The summed E-state index contributed by atoms with van der Waals surface area (Å²) in [5.41, 5.74) is 1.84. The molecule has 0 aliphatic heterocycles. The van der Waals surface area contributed by atoms with Crippen LogP contribution in [0.2, 0.25) is 0 Å². The third-order valence-electron chi connectivity index (χ3n) is 6.98. The second kappa shape index (κ2) is 17.9. The van der Waals surface area contributed by atoms with E-state index in [-0.39, 0.29) is 13.0 Å². The number of carboxylic acids is 1. The van der Waals surface area contributed by atoms with Gasteiger partial charge < -0.3 is 31.1 Å². The van der Waals surface area contributed by atoms with Crippen molar-refractivity contribution in [2.45, 2.75) is 51.4 Å². The number of carbonyl (C=O) groups excluding carboxylic acids is 4. The SMILES string of the molecule is CC(C)[C@H](NC(=O)[C@H](Cc1ccc2ccccc2n1)NC(=O)CNC(=O)OCc1ccccc1)C(=O)NC(/C=C(\Cl)S(C)(=O)=O)CC(=O)O. The zero-order valence-electron chi connectivity index (χ0n) is 27.0. The Balaban J connectivity index is 1.77. The molecule has 0 spiro atoms. The number of carbonyl (C=O) groups is 5. The number of para-hydroxylation sites is 1. The van der Waals surface area contributed by atoms with Crippen LogP contribution in [0.1, 0.15) is 31.5 Å². The topological polar surface area (TPSA) is 210 Å². The number of benzene rings is 2. The highest BCUT2D eigenvalue weighted by Crippen LogP contribution is 2.15. The van der Waals surface area contributed by atoms with Crippen molar-refractivity contribution in [3.05, 3.63) is 88.4 Å². The first-order valence-corrected chi connectivity index (χ1v) is 17.4. The lowest BCUT2D eigenvalue weighted by molar-refractivity contribution is -0.137. The summed E-state index contributed by atoms with van der Waals surface area (Å²) in [5, 5.41) is 20.1. The van der Waals surface area contributed by atoms with E-state index in [1.54, 1.807) is 62.4 Å². The van der Waals surface area contributed by atoms with E-state index in [9.17, 15) is 37.5 Å². The lowest BCUT2D eigenvalue weighted by Crippen LogP contribution is -2.57. The number of aliphatic carboxylic acids is 1. The molecule has 2 aromatic carbocycles. The van der Waals surface area contributed by atoms with Crippen molar-refractivity contribution in [3.8, 4) is 0 Å². The molecule has 1 unspecified atom stereocenters. The summed E-state index contributed by atoms with van der Waals surface area (Å²) in [6.07, 6.45) is 0.0815. The van der Waals surface area contributed by atoms with E-state index in [0.717, 1.165) is 23.3 Å². The molecule has 0 saturated carbocycles. The fourth-order valence-corrected chi connectivity index (χ4v) is 5.06. The van der Waals surface area contributed by atoms with E-state index >= 15 is 0 Å². The molecule has 0 fully saturated rings. The molecule has 0 saturated heterocycles. The van der Waals surface area contributed by atoms with Gasteiger partial charge in [0.05, 0.1) is 18.0 Å². The Bertz CT molecular complexity index is 1800. The van der Waals surface area contributed by atoms with Crippen molar-refractivity contribution in [1.29, 1.82) is 0 Å². The zero-order valence-corrected chi connectivity index (χ0v) is 28.6. The van der Waals surface area contributed by atoms with Crippen LogP contribution in [0.4, 0.5) is 4.79 Å². The number of fused-ring (bicyclic) bond motifs is 1. The summed E-state index contributed by atoms with van der Waals surface area (Å²) in [6.45, 7) is 2.70. The van der Waals surface area contributed by atoms with E-state index in [2.05, 4.69) is 26.3 Å². The third-order valence-corrected chi connectivity index (χ3v) is 8.79. The molecule has 0 aliphatic rings. The van der Waals surface area contributed by atoms with Gasteiger partial charge in [-0.15, -0.1) is 0 Å². The number of alkyl carbamates (subject to hydrolysis) is 1. The van der Waals surface area contributed by atoms with E-state index in [0.29, 0.717) is 11.2 Å². The van der Waals surface area contributed by atoms with Crippen molar-refractivity contribution >= 4 is 62.1 Å². The predicted molar refractivity (Wildman–Crippen MR) is 182 cm³/mol. The van der Waals surface area contributed by atoms with E-state index < -0.39 is 81.0 Å². The van der Waals surface area contributed by atoms with Crippen molar-refractivity contribution in [2.24, 2.45) is 5.92 Å². The molecule has 1 aromatic heterocycles. The van der Waals surface area contributed by atoms with Crippen LogP contribution in [-0.2, 0) is 46.8 Å². The molecule has 262 valence electrons. The number of hydrogen-bond acceptors (Lipinski definition) is 9. The Labute approximate surface area is 288 Å². The number of amides is 4. The van der Waals surface area contributed by atoms with Gasteiger partial charge in [-0.2, -0.15) is 0 Å². The number of sulfone groups is 1. The number of rotatable bonds is 16. The lowest BCUT2D eigenvalue weighted by Gasteiger charge is -2.26. The maximum absolute atomic E-state index is 13.7. The second-order valence-corrected chi connectivity index (χ2v) is 14.0. The van der Waals surface area contributed by atoms with Gasteiger partial charge in [-0.25, -0.2) is 13.2 Å². The molecular formula is C33H38ClN5O9S. The Morgan fingerprint density at radius 1 is 0.918 bits per heavy atom. The van der Waals surface area contributed by atoms with Gasteiger partial charge in [-0.1, -0.05) is 80.0 Å². The molecule has 3 atom stereocenters. The summed E-state index contributed by atoms with van der Waals surface area (Å²) in [6, 6.07) is 15.9. The van der Waals surface area contributed by atoms with Crippen LogP contribution in [0.15, 0.2) is 77.2 Å². The first-order valence-electron chi connectivity index (χ1n) is 15.1. The Hall–Kier alpha value is -5.02. The summed E-state index contributed by atoms with van der Waals surface area (Å²) in [5.74, 6) is -4.21. The van der Waals surface area contributed by atoms with Crippen molar-refractivity contribution in [1.82, 2.24) is 26.3 Å². The number of aromatic nitrogens is 1. The van der Waals surface area contributed by atoms with Crippen LogP contribution in [-0.4, -0.2) is 79.2 Å². The monoisotopic (exact) mass is 715 g/mol. The Morgan fingerprint density at radius 2 is 1.59 bits per heavy atom. The van der Waals surface area contributed by atoms with Gasteiger partial charge in [0.15, 0.2) is 9.84 Å². The molecule has 1 heterocycles. The minimum Gasteiger partial charge on any atom is -0.481 e. The van der Waals surface area contributed by atoms with E-state index in [4.69, 9.17) is 16.3 Å². The predicted octanol–water partition coefficient (Wildman–Crippen LogP) is 2.41. The van der Waals surface area contributed by atoms with Crippen molar-refractivity contribution in [2.75, 3.05) is 12.8 Å². The van der Waals surface area contributed by atoms with Crippen LogP contribution < -0.4 is 21.3 Å². The molecule has 0 aliphatic carbocycles. The fraction of sp³-hybridized carbons (Fsp3) is 0.333. The Kier molecular flexibility index (Phi) is 14.1. The molecule has 3 rings (SSSR count). The van der Waals surface area contributed by atoms with E-state index in [1.165, 1.54) is 0 Å². The summed E-state index contributed by atoms with van der Waals surface area (Å²) in [7, 11) is -3.89. The lowest BCUT2D eigenvalue weighted by atomic mass is 10.0. The number of halogens is 1. The molecule has 16 heteroatoms. The average molecular weight is 716 g/mol. The summed E-state index contributed by atoms with van der Waals surface area (Å²) >= 11 is 5.82. The summed E-state index contributed by atoms with van der Waals surface area (Å²) in [4.78, 5) is 68.2. The van der Waals surface area contributed by atoms with Crippen molar-refractivity contribution < 1.29 is 42.2 Å². The smallest absolute Gasteiger partial charge is 0.407 e. The highest BCUT2D eigenvalue weighted by atomic mass is 35.5. The van der Waals surface area contributed by atoms with Gasteiger partial charge in [0.2, 0.25) is 17.7 Å². The highest BCUT2D eigenvalue weighted by molar-refractivity contribution is 7.96. The molecule has 0 radical (unpaired) electrons. The van der Waals surface area contributed by atoms with Crippen LogP contribution in [0, 0.1) is 5.92 Å². The number of hydrogen-bond donors (Lipinski definition) is 5. The second-order valence-electron chi connectivity index (χ2n) is 11.4. The normalized spacial score (nSPS) is 13.5. The quantitative estimate of drug-likeness (QED) is 0.146. The molecule has 4 amide bonds. The molecule has 3 aromatic rings. The largest absolute Gasteiger partial charge is 0.481 e. The first-order chi connectivity index (χ1) is 23.1. The van der Waals surface area contributed by atoms with Crippen molar-refractivity contribution in [3.63, 3.8) is 0 Å². The van der Waals surface area contributed by atoms with Gasteiger partial charge in [0.1, 0.15) is 29.6 Å². The number of nitrogens with one attached hydrogen (secondary N) is 4. The number of nitrogens with zero attached hydrogens (tertiary/aromatic N) is 1. The van der Waals surface area contributed by atoms with E-state index in [1.807, 2.05) is 18.2 Å². The molecule has 49 heavy (non-hydrogen) atoms. The van der Waals surface area contributed by atoms with Crippen LogP contribution >= 0.6 is 11.6 Å². The molecular weight excluding hydrogens is 678 g/mol. The highest BCUT2D eigenvalue weighted by Gasteiger charge is 2.31. The van der Waals surface area contributed by atoms with Crippen LogP contribution in [0.3, 0.4) is 0 Å². The van der Waals surface area contributed by atoms with Crippen LogP contribution in [0.25, 0.3) is 10.9 Å². The molecule has 14 nitrogen and oxygen atoms in total. The maximum atomic E-state index is 13.7. The fourth-order valence-electron chi connectivity index (χ4n) is 4.50. The minimum atomic E-state index is -3.89. The molecule has 5 N–H and O–H groups in total. The maximum Gasteiger partial charge on any atom is 0.407 e. The Morgan fingerprint density at radius 3 is 2.24 bits per heavy atom. The van der Waals surface area contributed by atoms with Gasteiger partial charge in [0.25, 0.3) is 0 Å². The van der Waals surface area contributed by atoms with Gasteiger partial charge in [-0.05, 0) is 29.7 Å². The summed E-state index contributed by atoms with van der Waals surface area (Å²) < 4.78 is 28.1. The minimum absolute atomic E-state index is 0.0187. The zero-order chi connectivity index (χ0) is 36.1. The number of pyridine rings is 1. The number of ether oxygens (including phenoxy) is 1. The van der Waals surface area contributed by atoms with Crippen LogP contribution in [0.5, 0.6) is 0 Å². The first kappa shape index (κ1) is 38.4. The third kappa shape index (κ3) is 12.8. The van der Waals surface area contributed by atoms with Gasteiger partial charge in [0, 0.05) is 23.8 Å². The van der Waals surface area contributed by atoms with Gasteiger partial charge >= 0.3 is 12.1 Å². The molecule has 0 bridgehead atoms. The standard InChI is InChI=1S/C33H38ClN5O9S/c1-20(2)30(32(44)37-24(17-29(41)42)16-27(34)49(3,46)47)39-31(43)26(15-23-14-13-22-11-7-8-12-25(22)36-23)38-28(40)18-35-33(45)48-19-21-9-5-4-6-10-21/h4-14,16,20,24,26,30H,15,17-19H2,1-3H3,(H,35,45)(H,37,44)(H,38,40)(H,39,43)(H,41,42)/b27-16+/t24?,26-,30-/m0/s1. The average Bonchev–Trinajstić information content (AvgIpc) is 3.04. The van der Waals surface area contributed by atoms with Gasteiger partial charge in [-0.3, -0.25) is 24.2 Å². The number of carboxylic acid groups (broad SMARTS) is 1.